The Morgan fingerprint density at radius 2 is 2.21 bits per heavy atom. The summed E-state index contributed by atoms with van der Waals surface area (Å²) in [4.78, 5) is 11.1. The third kappa shape index (κ3) is 9.08. The SMILES string of the molecule is CC#CCCNC(=O)CCOCCC. The molecule has 0 fully saturated rings. The molecule has 0 rings (SSSR count). The van der Waals surface area contributed by atoms with Crippen molar-refractivity contribution in [2.24, 2.45) is 0 Å². The third-order valence-corrected chi connectivity index (χ3v) is 1.57. The molecule has 0 aliphatic heterocycles. The molecule has 0 saturated heterocycles. The Morgan fingerprint density at radius 1 is 1.43 bits per heavy atom. The minimum absolute atomic E-state index is 0.0407. The molecule has 1 N–H and O–H groups in total. The molecular formula is C11H19NO2. The van der Waals surface area contributed by atoms with Gasteiger partial charge in [0.05, 0.1) is 6.61 Å². The molecule has 1 amide bonds. The van der Waals surface area contributed by atoms with Crippen molar-refractivity contribution < 1.29 is 9.53 Å². The second-order valence-corrected chi connectivity index (χ2v) is 2.89. The average molecular weight is 197 g/mol. The van der Waals surface area contributed by atoms with Crippen LogP contribution in [0.3, 0.4) is 0 Å². The lowest BCUT2D eigenvalue weighted by Crippen LogP contribution is -2.25. The maximum absolute atomic E-state index is 11.1. The largest absolute Gasteiger partial charge is 0.381 e. The minimum atomic E-state index is 0.0407. The van der Waals surface area contributed by atoms with Gasteiger partial charge in [0.2, 0.25) is 5.91 Å². The fourth-order valence-corrected chi connectivity index (χ4v) is 0.889. The monoisotopic (exact) mass is 197 g/mol. The third-order valence-electron chi connectivity index (χ3n) is 1.57. The van der Waals surface area contributed by atoms with Crippen molar-refractivity contribution in [3.63, 3.8) is 0 Å². The van der Waals surface area contributed by atoms with E-state index in [0.717, 1.165) is 19.4 Å². The molecule has 3 nitrogen and oxygen atoms in total. The predicted octanol–water partition coefficient (Wildman–Crippen LogP) is 1.33. The molecule has 0 atom stereocenters. The summed E-state index contributed by atoms with van der Waals surface area (Å²) in [6, 6.07) is 0. The van der Waals surface area contributed by atoms with Crippen molar-refractivity contribution in [3.05, 3.63) is 0 Å². The highest BCUT2D eigenvalue weighted by molar-refractivity contribution is 5.75. The van der Waals surface area contributed by atoms with Crippen LogP contribution in [0.25, 0.3) is 0 Å². The van der Waals surface area contributed by atoms with E-state index in [1.807, 2.05) is 6.92 Å². The number of nitrogens with one attached hydrogen (secondary N) is 1. The normalized spacial score (nSPS) is 9.00. The Balaban J connectivity index is 3.22. The Morgan fingerprint density at radius 3 is 2.86 bits per heavy atom. The average Bonchev–Trinajstić information content (AvgIpc) is 2.19. The zero-order valence-electron chi connectivity index (χ0n) is 9.06. The number of ether oxygens (including phenoxy) is 1. The van der Waals surface area contributed by atoms with Crippen LogP contribution in [0.1, 0.15) is 33.1 Å². The van der Waals surface area contributed by atoms with Crippen LogP contribution in [0.15, 0.2) is 0 Å². The summed E-state index contributed by atoms with van der Waals surface area (Å²) in [5.74, 6) is 5.70. The van der Waals surface area contributed by atoms with E-state index in [2.05, 4.69) is 17.2 Å². The van der Waals surface area contributed by atoms with E-state index in [1.54, 1.807) is 6.92 Å². The highest BCUT2D eigenvalue weighted by atomic mass is 16.5. The summed E-state index contributed by atoms with van der Waals surface area (Å²) < 4.78 is 5.19. The topological polar surface area (TPSA) is 38.3 Å². The van der Waals surface area contributed by atoms with E-state index in [-0.39, 0.29) is 5.91 Å². The van der Waals surface area contributed by atoms with Crippen LogP contribution in [0, 0.1) is 11.8 Å². The zero-order valence-corrected chi connectivity index (χ0v) is 9.06. The molecule has 0 heterocycles. The van der Waals surface area contributed by atoms with Gasteiger partial charge in [-0.2, -0.15) is 0 Å². The van der Waals surface area contributed by atoms with E-state index in [9.17, 15) is 4.79 Å². The summed E-state index contributed by atoms with van der Waals surface area (Å²) in [5, 5.41) is 2.77. The van der Waals surface area contributed by atoms with Gasteiger partial charge in [0.1, 0.15) is 0 Å². The highest BCUT2D eigenvalue weighted by Gasteiger charge is 1.98. The summed E-state index contributed by atoms with van der Waals surface area (Å²) in [7, 11) is 0. The van der Waals surface area contributed by atoms with Crippen LogP contribution in [0.2, 0.25) is 0 Å². The van der Waals surface area contributed by atoms with Gasteiger partial charge in [-0.05, 0) is 13.3 Å². The Hall–Kier alpha value is -1.01. The van der Waals surface area contributed by atoms with Crippen molar-refractivity contribution in [2.45, 2.75) is 33.1 Å². The van der Waals surface area contributed by atoms with E-state index in [0.29, 0.717) is 19.6 Å². The molecule has 0 radical (unpaired) electrons. The first kappa shape index (κ1) is 13.0. The van der Waals surface area contributed by atoms with Gasteiger partial charge in [-0.25, -0.2) is 0 Å². The van der Waals surface area contributed by atoms with Crippen LogP contribution in [-0.4, -0.2) is 25.7 Å². The van der Waals surface area contributed by atoms with Gasteiger partial charge in [0, 0.05) is 26.0 Å². The number of hydrogen-bond acceptors (Lipinski definition) is 2. The molecule has 0 spiro atoms. The first-order valence-electron chi connectivity index (χ1n) is 5.05. The molecule has 0 aromatic rings. The fourth-order valence-electron chi connectivity index (χ4n) is 0.889. The molecule has 0 aromatic heterocycles. The summed E-state index contributed by atoms with van der Waals surface area (Å²) in [6.45, 7) is 5.71. The Bertz CT molecular complexity index is 203. The minimum Gasteiger partial charge on any atom is -0.381 e. The van der Waals surface area contributed by atoms with Crippen molar-refractivity contribution in [3.8, 4) is 11.8 Å². The van der Waals surface area contributed by atoms with Crippen molar-refractivity contribution in [1.82, 2.24) is 5.32 Å². The first-order chi connectivity index (χ1) is 6.81. The van der Waals surface area contributed by atoms with Crippen LogP contribution >= 0.6 is 0 Å². The molecule has 0 bridgehead atoms. The lowest BCUT2D eigenvalue weighted by Gasteiger charge is -2.03. The van der Waals surface area contributed by atoms with Crippen LogP contribution in [0.4, 0.5) is 0 Å². The lowest BCUT2D eigenvalue weighted by molar-refractivity contribution is -0.122. The molecule has 0 aromatic carbocycles. The molecule has 0 saturated carbocycles. The van der Waals surface area contributed by atoms with E-state index in [4.69, 9.17) is 4.74 Å². The second-order valence-electron chi connectivity index (χ2n) is 2.89. The fraction of sp³-hybridized carbons (Fsp3) is 0.727. The van der Waals surface area contributed by atoms with E-state index >= 15 is 0 Å². The molecular weight excluding hydrogens is 178 g/mol. The standard InChI is InChI=1S/C11H19NO2/c1-3-5-6-8-12-11(13)7-10-14-9-4-2/h4,6-10H2,1-2H3,(H,12,13). The quantitative estimate of drug-likeness (QED) is 0.494. The van der Waals surface area contributed by atoms with Gasteiger partial charge in [-0.1, -0.05) is 6.92 Å². The highest BCUT2D eigenvalue weighted by Crippen LogP contribution is 1.85. The predicted molar refractivity (Wildman–Crippen MR) is 56.8 cm³/mol. The second kappa shape index (κ2) is 10.1. The van der Waals surface area contributed by atoms with Gasteiger partial charge < -0.3 is 10.1 Å². The van der Waals surface area contributed by atoms with Gasteiger partial charge in [0.25, 0.3) is 0 Å². The van der Waals surface area contributed by atoms with E-state index < -0.39 is 0 Å². The smallest absolute Gasteiger partial charge is 0.222 e. The molecule has 80 valence electrons. The molecule has 3 heteroatoms. The van der Waals surface area contributed by atoms with Gasteiger partial charge in [-0.15, -0.1) is 11.8 Å². The van der Waals surface area contributed by atoms with Crippen LogP contribution in [-0.2, 0) is 9.53 Å². The van der Waals surface area contributed by atoms with Crippen LogP contribution < -0.4 is 5.32 Å². The molecule has 0 aliphatic carbocycles. The maximum Gasteiger partial charge on any atom is 0.222 e. The van der Waals surface area contributed by atoms with Gasteiger partial charge in [0.15, 0.2) is 0 Å². The molecule has 0 unspecified atom stereocenters. The van der Waals surface area contributed by atoms with Crippen LogP contribution in [0.5, 0.6) is 0 Å². The number of carbonyl (C=O) groups excluding carboxylic acids is 1. The summed E-state index contributed by atoms with van der Waals surface area (Å²) >= 11 is 0. The van der Waals surface area contributed by atoms with Crippen molar-refractivity contribution >= 4 is 5.91 Å². The first-order valence-corrected chi connectivity index (χ1v) is 5.05. The number of carbonyl (C=O) groups is 1. The number of hydrogen-bond donors (Lipinski definition) is 1. The van der Waals surface area contributed by atoms with Crippen molar-refractivity contribution in [2.75, 3.05) is 19.8 Å². The number of amides is 1. The summed E-state index contributed by atoms with van der Waals surface area (Å²) in [6.07, 6.45) is 2.16. The summed E-state index contributed by atoms with van der Waals surface area (Å²) in [5.41, 5.74) is 0. The lowest BCUT2D eigenvalue weighted by atomic mass is 10.4. The molecule has 14 heavy (non-hydrogen) atoms. The molecule has 0 aliphatic rings. The zero-order chi connectivity index (χ0) is 10.6. The Kier molecular flexibility index (Phi) is 9.35. The number of rotatable bonds is 7. The van der Waals surface area contributed by atoms with Gasteiger partial charge >= 0.3 is 0 Å². The van der Waals surface area contributed by atoms with E-state index in [1.165, 1.54) is 0 Å². The maximum atomic E-state index is 11.1. The van der Waals surface area contributed by atoms with Gasteiger partial charge in [-0.3, -0.25) is 4.79 Å². The Labute approximate surface area is 86.2 Å². The van der Waals surface area contributed by atoms with Crippen molar-refractivity contribution in [1.29, 1.82) is 0 Å².